The summed E-state index contributed by atoms with van der Waals surface area (Å²) in [6.45, 7) is 0.156. The smallest absolute Gasteiger partial charge is 0.264 e. The van der Waals surface area contributed by atoms with E-state index in [-0.39, 0.29) is 6.54 Å². The van der Waals surface area contributed by atoms with Gasteiger partial charge in [-0.25, -0.2) is 12.8 Å². The van der Waals surface area contributed by atoms with E-state index < -0.39 is 20.7 Å². The number of halogens is 1. The summed E-state index contributed by atoms with van der Waals surface area (Å²) in [7, 11) is -3.93. The van der Waals surface area contributed by atoms with Crippen LogP contribution in [0.15, 0.2) is 53.4 Å². The van der Waals surface area contributed by atoms with Gasteiger partial charge in [-0.15, -0.1) is 0 Å². The molecule has 0 unspecified atom stereocenters. The molecular formula is C13H13FN2O2S. The fraction of sp³-hybridized carbons (Fsp3) is 0.0769. The molecule has 0 fully saturated rings. The number of hydrogen-bond donors (Lipinski definition) is 2. The first-order chi connectivity index (χ1) is 9.03. The monoisotopic (exact) mass is 280 g/mol. The third kappa shape index (κ3) is 3.10. The second-order valence-corrected chi connectivity index (χ2v) is 5.59. The third-order valence-corrected chi connectivity index (χ3v) is 3.96. The van der Waals surface area contributed by atoms with Gasteiger partial charge in [-0.3, -0.25) is 4.72 Å². The lowest BCUT2D eigenvalue weighted by atomic mass is 10.2. The average molecular weight is 280 g/mol. The second-order valence-electron chi connectivity index (χ2n) is 3.94. The number of hydrogen-bond acceptors (Lipinski definition) is 3. The number of nitrogens with one attached hydrogen (secondary N) is 1. The van der Waals surface area contributed by atoms with Gasteiger partial charge in [0.25, 0.3) is 10.0 Å². The molecule has 0 aliphatic rings. The molecule has 2 aromatic rings. The van der Waals surface area contributed by atoms with Gasteiger partial charge in [0.1, 0.15) is 10.7 Å². The largest absolute Gasteiger partial charge is 0.326 e. The fourth-order valence-corrected chi connectivity index (χ4v) is 2.72. The fourth-order valence-electron chi connectivity index (χ4n) is 1.61. The highest BCUT2D eigenvalue weighted by Crippen LogP contribution is 2.19. The third-order valence-electron chi connectivity index (χ3n) is 2.55. The lowest BCUT2D eigenvalue weighted by Gasteiger charge is -2.09. The molecule has 0 atom stereocenters. The van der Waals surface area contributed by atoms with Gasteiger partial charge in [-0.1, -0.05) is 24.3 Å². The molecule has 0 amide bonds. The Morgan fingerprint density at radius 1 is 1.11 bits per heavy atom. The maximum absolute atomic E-state index is 13.8. The predicted molar refractivity (Wildman–Crippen MR) is 71.5 cm³/mol. The van der Waals surface area contributed by atoms with Gasteiger partial charge in [0.05, 0.1) is 0 Å². The number of rotatable bonds is 4. The Hall–Kier alpha value is -1.92. The molecule has 19 heavy (non-hydrogen) atoms. The summed E-state index contributed by atoms with van der Waals surface area (Å²) in [5, 5.41) is 0. The average Bonchev–Trinajstić information content (AvgIpc) is 2.38. The van der Waals surface area contributed by atoms with Crippen molar-refractivity contribution in [3.8, 4) is 0 Å². The van der Waals surface area contributed by atoms with Crippen molar-refractivity contribution in [2.45, 2.75) is 11.4 Å². The Labute approximate surface area is 111 Å². The maximum atomic E-state index is 13.8. The van der Waals surface area contributed by atoms with E-state index in [1.54, 1.807) is 30.3 Å². The zero-order valence-corrected chi connectivity index (χ0v) is 10.8. The summed E-state index contributed by atoms with van der Waals surface area (Å²) in [4.78, 5) is -0.395. The quantitative estimate of drug-likeness (QED) is 0.900. The number of anilines is 1. The van der Waals surface area contributed by atoms with Crippen LogP contribution in [0.4, 0.5) is 10.1 Å². The zero-order valence-electron chi connectivity index (χ0n) is 10.0. The molecule has 0 aliphatic heterocycles. The number of benzene rings is 2. The highest BCUT2D eigenvalue weighted by atomic mass is 32.2. The van der Waals surface area contributed by atoms with Crippen molar-refractivity contribution in [1.29, 1.82) is 0 Å². The van der Waals surface area contributed by atoms with E-state index in [4.69, 9.17) is 5.73 Å². The summed E-state index contributed by atoms with van der Waals surface area (Å²) >= 11 is 0. The van der Waals surface area contributed by atoms with Gasteiger partial charge in [0.15, 0.2) is 0 Å². The van der Waals surface area contributed by atoms with Crippen LogP contribution in [0.2, 0.25) is 0 Å². The van der Waals surface area contributed by atoms with E-state index in [0.29, 0.717) is 11.3 Å². The van der Waals surface area contributed by atoms with E-state index in [0.717, 1.165) is 6.07 Å². The molecule has 2 aromatic carbocycles. The second kappa shape index (κ2) is 5.38. The maximum Gasteiger partial charge on any atom is 0.264 e. The van der Waals surface area contributed by atoms with Crippen molar-refractivity contribution < 1.29 is 12.8 Å². The van der Waals surface area contributed by atoms with Crippen LogP contribution >= 0.6 is 0 Å². The van der Waals surface area contributed by atoms with Crippen LogP contribution < -0.4 is 10.5 Å². The molecule has 100 valence electrons. The summed E-state index contributed by atoms with van der Waals surface area (Å²) in [5.41, 5.74) is 6.29. The van der Waals surface area contributed by atoms with Crippen LogP contribution in [0.1, 0.15) is 5.56 Å². The lowest BCUT2D eigenvalue weighted by Crippen LogP contribution is -2.15. The van der Waals surface area contributed by atoms with Crippen LogP contribution in [0.25, 0.3) is 0 Å². The van der Waals surface area contributed by atoms with E-state index in [1.807, 2.05) is 0 Å². The molecule has 0 heterocycles. The summed E-state index contributed by atoms with van der Waals surface area (Å²) in [5.74, 6) is -0.814. The van der Waals surface area contributed by atoms with Crippen LogP contribution in [0, 0.1) is 5.82 Å². The van der Waals surface area contributed by atoms with Gasteiger partial charge in [-0.2, -0.15) is 0 Å². The molecule has 0 saturated heterocycles. The predicted octanol–water partition coefficient (Wildman–Crippen LogP) is 2.09. The van der Waals surface area contributed by atoms with E-state index >= 15 is 0 Å². The zero-order chi connectivity index (χ0) is 13.9. The van der Waals surface area contributed by atoms with E-state index in [1.165, 1.54) is 12.1 Å². The molecular weight excluding hydrogens is 267 g/mol. The summed E-state index contributed by atoms with van der Waals surface area (Å²) in [6, 6.07) is 12.1. The van der Waals surface area contributed by atoms with Gasteiger partial charge in [0.2, 0.25) is 0 Å². The molecule has 4 nitrogen and oxygen atoms in total. The first-order valence-electron chi connectivity index (χ1n) is 5.59. The Balaban J connectivity index is 2.35. The van der Waals surface area contributed by atoms with Gasteiger partial charge in [-0.05, 0) is 29.8 Å². The number of sulfonamides is 1. The van der Waals surface area contributed by atoms with Crippen molar-refractivity contribution in [2.75, 3.05) is 4.72 Å². The molecule has 6 heteroatoms. The van der Waals surface area contributed by atoms with Crippen molar-refractivity contribution in [2.24, 2.45) is 5.73 Å². The minimum atomic E-state index is -3.93. The molecule has 0 bridgehead atoms. The SMILES string of the molecule is NCc1ccc(S(=O)(=O)Nc2ccccc2)c(F)c1. The van der Waals surface area contributed by atoms with Gasteiger partial charge >= 0.3 is 0 Å². The van der Waals surface area contributed by atoms with Crippen LogP contribution in [-0.2, 0) is 16.6 Å². The Kier molecular flexibility index (Phi) is 3.82. The summed E-state index contributed by atoms with van der Waals surface area (Å²) < 4.78 is 40.2. The molecule has 2 rings (SSSR count). The Bertz CT molecular complexity index is 672. The van der Waals surface area contributed by atoms with Crippen molar-refractivity contribution in [3.63, 3.8) is 0 Å². The molecule has 0 spiro atoms. The van der Waals surface area contributed by atoms with E-state index in [9.17, 15) is 12.8 Å². The van der Waals surface area contributed by atoms with Crippen molar-refractivity contribution in [1.82, 2.24) is 0 Å². The topological polar surface area (TPSA) is 72.2 Å². The standard InChI is InChI=1S/C13H13FN2O2S/c14-12-8-10(9-15)6-7-13(12)19(17,18)16-11-4-2-1-3-5-11/h1-8,16H,9,15H2. The summed E-state index contributed by atoms with van der Waals surface area (Å²) in [6.07, 6.45) is 0. The van der Waals surface area contributed by atoms with Crippen LogP contribution in [-0.4, -0.2) is 8.42 Å². The highest BCUT2D eigenvalue weighted by Gasteiger charge is 2.19. The van der Waals surface area contributed by atoms with Crippen molar-refractivity contribution in [3.05, 3.63) is 59.9 Å². The molecule has 0 aromatic heterocycles. The van der Waals surface area contributed by atoms with Crippen LogP contribution in [0.3, 0.4) is 0 Å². The minimum Gasteiger partial charge on any atom is -0.326 e. The first kappa shape index (κ1) is 13.5. The van der Waals surface area contributed by atoms with Crippen molar-refractivity contribution >= 4 is 15.7 Å². The minimum absolute atomic E-state index is 0.156. The normalized spacial score (nSPS) is 11.3. The lowest BCUT2D eigenvalue weighted by molar-refractivity contribution is 0.569. The molecule has 3 N–H and O–H groups in total. The first-order valence-corrected chi connectivity index (χ1v) is 7.07. The Morgan fingerprint density at radius 2 is 1.79 bits per heavy atom. The van der Waals surface area contributed by atoms with Gasteiger partial charge in [0, 0.05) is 12.2 Å². The Morgan fingerprint density at radius 3 is 2.37 bits per heavy atom. The number of para-hydroxylation sites is 1. The highest BCUT2D eigenvalue weighted by molar-refractivity contribution is 7.92. The molecule has 0 radical (unpaired) electrons. The van der Waals surface area contributed by atoms with Gasteiger partial charge < -0.3 is 5.73 Å². The van der Waals surface area contributed by atoms with Crippen LogP contribution in [0.5, 0.6) is 0 Å². The number of nitrogens with two attached hydrogens (primary N) is 1. The molecule has 0 aliphatic carbocycles. The van der Waals surface area contributed by atoms with E-state index in [2.05, 4.69) is 4.72 Å². The molecule has 0 saturated carbocycles.